The molecule has 14 rings (SSSR count). The van der Waals surface area contributed by atoms with Crippen molar-refractivity contribution in [3.8, 4) is 23.0 Å². The lowest BCUT2D eigenvalue weighted by Gasteiger charge is -2.40. The summed E-state index contributed by atoms with van der Waals surface area (Å²) in [4.78, 5) is 71.1. The summed E-state index contributed by atoms with van der Waals surface area (Å²) >= 11 is 6.72. The van der Waals surface area contributed by atoms with E-state index in [-0.39, 0.29) is 67.0 Å². The lowest BCUT2D eigenvalue weighted by Crippen LogP contribution is -2.45. The molecule has 107 heavy (non-hydrogen) atoms. The molecule has 550 valence electrons. The van der Waals surface area contributed by atoms with E-state index in [4.69, 9.17) is 84.8 Å². The first-order valence-corrected chi connectivity index (χ1v) is 37.5. The molecule has 4 aromatic heterocycles. The third kappa shape index (κ3) is 13.9. The zero-order valence-corrected chi connectivity index (χ0v) is 61.7. The molecule has 10 atom stereocenters. The van der Waals surface area contributed by atoms with Crippen molar-refractivity contribution in [1.29, 1.82) is 0 Å². The zero-order valence-electron chi connectivity index (χ0n) is 60.0. The number of anilines is 2. The Kier molecular flexibility index (Phi) is 21.3. The van der Waals surface area contributed by atoms with Gasteiger partial charge in [-0.3, -0.25) is 29.3 Å². The fourth-order valence-corrected chi connectivity index (χ4v) is 17.3. The van der Waals surface area contributed by atoms with E-state index in [9.17, 15) is 14.4 Å². The highest BCUT2D eigenvalue weighted by atomic mass is 32.5. The van der Waals surface area contributed by atoms with Crippen molar-refractivity contribution in [2.75, 3.05) is 72.5 Å². The van der Waals surface area contributed by atoms with Gasteiger partial charge in [0.15, 0.2) is 34.4 Å². The molecular weight excluding hydrogens is 1400 g/mol. The molecule has 3 N–H and O–H groups in total. The summed E-state index contributed by atoms with van der Waals surface area (Å²) in [5.41, 5.74) is 1.67. The van der Waals surface area contributed by atoms with Gasteiger partial charge in [-0.2, -0.15) is 4.98 Å². The number of benzene rings is 7. The number of amides is 2. The first-order valence-electron chi connectivity index (χ1n) is 35.0. The topological polar surface area (TPSA) is 271 Å². The predicted molar refractivity (Wildman–Crippen MR) is 403 cm³/mol. The number of rotatable bonds is 30. The molecule has 5 heterocycles. The van der Waals surface area contributed by atoms with Crippen molar-refractivity contribution in [2.45, 2.75) is 74.6 Å². The summed E-state index contributed by atoms with van der Waals surface area (Å²) in [7, 11) is 7.97. The number of nitrogens with one attached hydrogen (secondary N) is 3. The number of ether oxygens (including phenoxy) is 8. The van der Waals surface area contributed by atoms with E-state index in [1.165, 1.54) is 19.8 Å². The second-order valence-electron chi connectivity index (χ2n) is 26.7. The quantitative estimate of drug-likeness (QED) is 0.0163. The highest BCUT2D eigenvalue weighted by molar-refractivity contribution is 8.07. The molecule has 2 unspecified atom stereocenters. The molecule has 11 aromatic rings. The van der Waals surface area contributed by atoms with Crippen LogP contribution in [0, 0.1) is 30.2 Å². The van der Waals surface area contributed by atoms with Crippen molar-refractivity contribution in [1.82, 2.24) is 39.0 Å². The Morgan fingerprint density at radius 1 is 0.654 bits per heavy atom. The Hall–Kier alpha value is -10.6. The van der Waals surface area contributed by atoms with Crippen molar-refractivity contribution in [2.24, 2.45) is 23.7 Å². The molecule has 2 amide bonds. The Bertz CT molecular complexity index is 5020. The molecular formula is C80H80N11O14PS. The number of methoxy groups -OCH3 is 5. The number of aromatic amines is 1. The summed E-state index contributed by atoms with van der Waals surface area (Å²) in [6.45, 7) is 8.84. The Labute approximate surface area is 622 Å². The lowest BCUT2D eigenvalue weighted by atomic mass is 9.79. The summed E-state index contributed by atoms with van der Waals surface area (Å²) in [5, 5.41) is 5.71. The maximum Gasteiger partial charge on any atom is 0.327 e. The van der Waals surface area contributed by atoms with Crippen LogP contribution in [-0.4, -0.2) is 137 Å². The van der Waals surface area contributed by atoms with Gasteiger partial charge in [-0.25, -0.2) is 26.5 Å². The molecule has 27 heteroatoms. The van der Waals surface area contributed by atoms with Gasteiger partial charge in [0, 0.05) is 30.4 Å². The van der Waals surface area contributed by atoms with E-state index in [1.54, 1.807) is 77.4 Å². The average Bonchev–Trinajstić information content (AvgIpc) is 1.50. The van der Waals surface area contributed by atoms with Gasteiger partial charge in [-0.05, 0) is 118 Å². The summed E-state index contributed by atoms with van der Waals surface area (Å²) in [6.07, 6.45) is -0.185. The van der Waals surface area contributed by atoms with E-state index < -0.39 is 77.4 Å². The molecule has 3 fully saturated rings. The highest BCUT2D eigenvalue weighted by Gasteiger charge is 2.72. The van der Waals surface area contributed by atoms with Gasteiger partial charge in [-0.1, -0.05) is 148 Å². The van der Waals surface area contributed by atoms with E-state index in [0.717, 1.165) is 16.7 Å². The second-order valence-corrected chi connectivity index (χ2v) is 29.6. The van der Waals surface area contributed by atoms with E-state index in [2.05, 4.69) is 41.9 Å². The minimum Gasteiger partial charge on any atom is -0.497 e. The zero-order chi connectivity index (χ0) is 74.6. The van der Waals surface area contributed by atoms with Crippen molar-refractivity contribution in [3.05, 3.63) is 268 Å². The number of aromatic nitrogens is 8. The van der Waals surface area contributed by atoms with Gasteiger partial charge in [0.1, 0.15) is 65.4 Å². The molecule has 25 nitrogen and oxygen atoms in total. The van der Waals surface area contributed by atoms with Crippen LogP contribution < -0.4 is 35.1 Å². The lowest BCUT2D eigenvalue weighted by molar-refractivity contribution is -0.126. The van der Waals surface area contributed by atoms with Crippen LogP contribution >= 0.6 is 6.72 Å². The van der Waals surface area contributed by atoms with Crippen LogP contribution in [0.3, 0.4) is 0 Å². The maximum absolute atomic E-state index is 14.1. The maximum atomic E-state index is 14.1. The molecule has 0 bridgehead atoms. The molecule has 0 radical (unpaired) electrons. The smallest absolute Gasteiger partial charge is 0.327 e. The van der Waals surface area contributed by atoms with Crippen LogP contribution in [0.4, 0.5) is 11.8 Å². The number of carbonyl (C=O) groups excluding carboxylic acids is 2. The molecule has 2 aliphatic carbocycles. The van der Waals surface area contributed by atoms with Gasteiger partial charge in [0.25, 0.3) is 11.5 Å². The predicted octanol–water partition coefficient (Wildman–Crippen LogP) is 12.7. The molecule has 2 saturated carbocycles. The van der Waals surface area contributed by atoms with E-state index in [1.807, 2.05) is 164 Å². The largest absolute Gasteiger partial charge is 0.497 e. The van der Waals surface area contributed by atoms with Gasteiger partial charge in [0.2, 0.25) is 18.4 Å². The third-order valence-electron chi connectivity index (χ3n) is 20.6. The summed E-state index contributed by atoms with van der Waals surface area (Å²) in [6, 6.07) is 59.3. The average molecular weight is 1480 g/mol. The van der Waals surface area contributed by atoms with Gasteiger partial charge in [-0.15, -0.1) is 0 Å². The normalized spacial score (nSPS) is 21.0. The molecule has 3 aliphatic rings. The SMILES string of the molecule is [C-]#[N+]CCOP(=S)(OC[C@H]1O[C@@H](n2cnc3c(=O)[nH]c(NC(=O)C(C)C)nc32)[C@H](OC(c2ccccc2)(c2ccc(OC)cc2)c2ccc(OC)cc2)[C@@H]1OC)O[C@@H]1[C@@H](COC(c2ccccc2)(c2ccc(OC)cc2)c2ccc(OC)cc2)[C@@H]2CC2(n2cnc3c(NC(=O)c4ccccc4)ncnc32)[C@@H]1C. The van der Waals surface area contributed by atoms with Gasteiger partial charge in [0.05, 0.1) is 66.0 Å². The number of carbonyl (C=O) groups is 2. The van der Waals surface area contributed by atoms with Gasteiger partial charge >= 0.3 is 6.72 Å². The monoisotopic (exact) mass is 1480 g/mol. The molecule has 7 aromatic carbocycles. The first kappa shape index (κ1) is 73.3. The standard InChI is InChI=1S/C80H80N11O14PS/c1-49(2)73(92)88-77-87-72-66(75(94)89-77)84-47-90(72)76-69(104-80(53-23-17-12-18-24-53,56-29-37-60(97-7)38-30-56)57-31-39-61(98-8)40-32-57)68(99-9)64(103-76)45-102-106(107,101-42-41-81-4)105-67-50(3)78(91-48-85-65-70(82-46-83-71(65)91)86-74(93)51-19-13-10-14-20-51)43-63(78)62(67)44-100-79(52-21-15-11-16-22-52,54-25-33-58(95-5)34-26-54)55-27-35-59(96-6)36-28-55/h10-40,46-50,62-64,67-69,76H,41-45H2,1-3,5-9H3,(H,82,83,86,93)(H2,87,88,89,92,94)/t50-,62+,63+,64-,67+,68-,69-,76-,78?,106?/m1/s1. The van der Waals surface area contributed by atoms with Crippen LogP contribution in [0.1, 0.15) is 77.2 Å². The van der Waals surface area contributed by atoms with Crippen LogP contribution in [0.5, 0.6) is 23.0 Å². The van der Waals surface area contributed by atoms with Crippen molar-refractivity contribution < 1.29 is 61.1 Å². The Balaban J connectivity index is 0.879. The van der Waals surface area contributed by atoms with E-state index >= 15 is 0 Å². The fraction of sp³-hybridized carbons (Fsp3) is 0.312. The van der Waals surface area contributed by atoms with Crippen LogP contribution in [-0.2, 0) is 65.9 Å². The minimum atomic E-state index is -4.12. The third-order valence-corrected chi connectivity index (χ3v) is 22.9. The summed E-state index contributed by atoms with van der Waals surface area (Å²) < 4.78 is 77.6. The number of hydrogen-bond acceptors (Lipinski definition) is 20. The van der Waals surface area contributed by atoms with Crippen molar-refractivity contribution in [3.63, 3.8) is 0 Å². The van der Waals surface area contributed by atoms with Crippen LogP contribution in [0.25, 0.3) is 27.2 Å². The Morgan fingerprint density at radius 2 is 1.19 bits per heavy atom. The Morgan fingerprint density at radius 3 is 1.73 bits per heavy atom. The first-order chi connectivity index (χ1) is 52.0. The highest BCUT2D eigenvalue weighted by Crippen LogP contribution is 2.71. The molecule has 1 saturated heterocycles. The minimum absolute atomic E-state index is 0.0505. The number of fused-ring (bicyclic) bond motifs is 3. The molecule has 0 spiro atoms. The van der Waals surface area contributed by atoms with Crippen molar-refractivity contribution >= 4 is 64.4 Å². The van der Waals surface area contributed by atoms with Gasteiger partial charge < -0.3 is 66.2 Å². The van der Waals surface area contributed by atoms with Crippen LogP contribution in [0.2, 0.25) is 0 Å². The number of hydrogen-bond donors (Lipinski definition) is 3. The second kappa shape index (κ2) is 31.1. The number of H-pyrrole nitrogens is 1. The number of imidazole rings is 2. The molecule has 1 aliphatic heterocycles. The van der Waals surface area contributed by atoms with E-state index in [0.29, 0.717) is 62.8 Å². The van der Waals surface area contributed by atoms with Crippen LogP contribution in [0.15, 0.2) is 212 Å². The number of nitrogens with zero attached hydrogens (tertiary/aromatic N) is 8. The summed E-state index contributed by atoms with van der Waals surface area (Å²) in [5.74, 6) is 0.281. The fourth-order valence-electron chi connectivity index (χ4n) is 15.1.